The summed E-state index contributed by atoms with van der Waals surface area (Å²) in [6.07, 6.45) is 0. The summed E-state index contributed by atoms with van der Waals surface area (Å²) >= 11 is 7.68. The lowest BCUT2D eigenvalue weighted by molar-refractivity contribution is 0.821. The van der Waals surface area contributed by atoms with E-state index in [9.17, 15) is 0 Å². The highest BCUT2D eigenvalue weighted by Gasteiger charge is 2.15. The number of rotatable bonds is 3. The maximum absolute atomic E-state index is 6.14. The highest BCUT2D eigenvalue weighted by Crippen LogP contribution is 2.36. The summed E-state index contributed by atoms with van der Waals surface area (Å²) in [4.78, 5) is 0. The summed E-state index contributed by atoms with van der Waals surface area (Å²) in [7, 11) is 0. The Balaban J connectivity index is 2.20. The summed E-state index contributed by atoms with van der Waals surface area (Å²) in [6.45, 7) is 3.88. The fourth-order valence-corrected chi connectivity index (χ4v) is 2.80. The zero-order valence-electron chi connectivity index (χ0n) is 9.59. The molecule has 0 fully saturated rings. The summed E-state index contributed by atoms with van der Waals surface area (Å²) in [6, 6.07) is 7.77. The quantitative estimate of drug-likeness (QED) is 0.687. The zero-order chi connectivity index (χ0) is 12.4. The van der Waals surface area contributed by atoms with Crippen molar-refractivity contribution in [2.45, 2.75) is 24.3 Å². The molecule has 0 saturated heterocycles. The SMILES string of the molecule is Cc1nnc(S[C@@H](C)c2ccccc2Cl)n1N. The molecule has 0 spiro atoms. The van der Waals surface area contributed by atoms with Crippen molar-refractivity contribution in [3.8, 4) is 0 Å². The Morgan fingerprint density at radius 1 is 1.35 bits per heavy atom. The molecule has 4 nitrogen and oxygen atoms in total. The van der Waals surface area contributed by atoms with Gasteiger partial charge in [0.15, 0.2) is 0 Å². The van der Waals surface area contributed by atoms with Crippen LogP contribution in [0.2, 0.25) is 5.02 Å². The first kappa shape index (κ1) is 12.3. The molecule has 0 aliphatic carbocycles. The number of nitrogens with zero attached hydrogens (tertiary/aromatic N) is 3. The van der Waals surface area contributed by atoms with Crippen molar-refractivity contribution >= 4 is 23.4 Å². The molecule has 0 aliphatic rings. The zero-order valence-corrected chi connectivity index (χ0v) is 11.2. The summed E-state index contributed by atoms with van der Waals surface area (Å²) in [5, 5.41) is 9.56. The number of nitrogens with two attached hydrogens (primary N) is 1. The maximum atomic E-state index is 6.14. The van der Waals surface area contributed by atoms with Crippen LogP contribution in [0.4, 0.5) is 0 Å². The van der Waals surface area contributed by atoms with Gasteiger partial charge in [-0.1, -0.05) is 41.6 Å². The van der Waals surface area contributed by atoms with E-state index in [1.807, 2.05) is 31.2 Å². The molecule has 2 N–H and O–H groups in total. The highest BCUT2D eigenvalue weighted by molar-refractivity contribution is 7.99. The molecule has 1 heterocycles. The number of halogens is 1. The number of aryl methyl sites for hydroxylation is 1. The van der Waals surface area contributed by atoms with Crippen molar-refractivity contribution in [2.24, 2.45) is 0 Å². The molecule has 1 atom stereocenters. The normalized spacial score (nSPS) is 12.6. The minimum Gasteiger partial charge on any atom is -0.336 e. The van der Waals surface area contributed by atoms with Gasteiger partial charge in [0.05, 0.1) is 0 Å². The fourth-order valence-electron chi connectivity index (χ4n) is 1.46. The van der Waals surface area contributed by atoms with Gasteiger partial charge in [-0.3, -0.25) is 0 Å². The molecule has 1 aromatic carbocycles. The topological polar surface area (TPSA) is 56.7 Å². The monoisotopic (exact) mass is 268 g/mol. The molecule has 6 heteroatoms. The predicted octanol–water partition coefficient (Wildman–Crippen LogP) is 2.81. The minimum absolute atomic E-state index is 0.176. The van der Waals surface area contributed by atoms with Crippen LogP contribution in [0.5, 0.6) is 0 Å². The van der Waals surface area contributed by atoms with Gasteiger partial charge in [0.1, 0.15) is 5.82 Å². The van der Waals surface area contributed by atoms with Gasteiger partial charge in [0, 0.05) is 10.3 Å². The van der Waals surface area contributed by atoms with Gasteiger partial charge in [-0.2, -0.15) is 0 Å². The third kappa shape index (κ3) is 2.56. The summed E-state index contributed by atoms with van der Waals surface area (Å²) in [5.74, 6) is 6.50. The second kappa shape index (κ2) is 4.98. The van der Waals surface area contributed by atoms with Crippen LogP contribution in [-0.4, -0.2) is 14.9 Å². The van der Waals surface area contributed by atoms with Crippen LogP contribution in [0, 0.1) is 6.92 Å². The van der Waals surface area contributed by atoms with Crippen molar-refractivity contribution < 1.29 is 0 Å². The van der Waals surface area contributed by atoms with Crippen molar-refractivity contribution in [1.29, 1.82) is 0 Å². The van der Waals surface area contributed by atoms with Crippen LogP contribution in [-0.2, 0) is 0 Å². The molecule has 0 aliphatic heterocycles. The summed E-state index contributed by atoms with van der Waals surface area (Å²) < 4.78 is 1.48. The van der Waals surface area contributed by atoms with E-state index in [0.29, 0.717) is 11.0 Å². The average Bonchev–Trinajstić information content (AvgIpc) is 2.61. The largest absolute Gasteiger partial charge is 0.336 e. The van der Waals surface area contributed by atoms with E-state index in [4.69, 9.17) is 17.4 Å². The number of benzene rings is 1. The van der Waals surface area contributed by atoms with Gasteiger partial charge >= 0.3 is 0 Å². The van der Waals surface area contributed by atoms with Crippen molar-refractivity contribution in [3.05, 3.63) is 40.7 Å². The van der Waals surface area contributed by atoms with E-state index < -0.39 is 0 Å². The van der Waals surface area contributed by atoms with Crippen LogP contribution < -0.4 is 5.84 Å². The molecule has 0 bridgehead atoms. The van der Waals surface area contributed by atoms with Crippen LogP contribution >= 0.6 is 23.4 Å². The molecule has 2 aromatic rings. The Morgan fingerprint density at radius 3 is 2.65 bits per heavy atom. The van der Waals surface area contributed by atoms with E-state index in [0.717, 1.165) is 10.6 Å². The van der Waals surface area contributed by atoms with Crippen molar-refractivity contribution in [1.82, 2.24) is 14.9 Å². The smallest absolute Gasteiger partial charge is 0.210 e. The molecule has 0 unspecified atom stereocenters. The molecule has 0 amide bonds. The fraction of sp³-hybridized carbons (Fsp3) is 0.273. The Labute approximate surface area is 109 Å². The average molecular weight is 269 g/mol. The molecular formula is C11H13ClN4S. The first-order chi connectivity index (χ1) is 8.09. The van der Waals surface area contributed by atoms with Gasteiger partial charge in [0.25, 0.3) is 0 Å². The maximum Gasteiger partial charge on any atom is 0.210 e. The first-order valence-corrected chi connectivity index (χ1v) is 6.43. The standard InChI is InChI=1S/C11H13ClN4S/c1-7(9-5-3-4-6-10(9)12)17-11-15-14-8(2)16(11)13/h3-7H,13H2,1-2H3/t7-/m0/s1. The molecule has 0 radical (unpaired) electrons. The van der Waals surface area contributed by atoms with Gasteiger partial charge in [-0.15, -0.1) is 10.2 Å². The Morgan fingerprint density at radius 2 is 2.06 bits per heavy atom. The summed E-state index contributed by atoms with van der Waals surface area (Å²) in [5.41, 5.74) is 1.07. The van der Waals surface area contributed by atoms with Crippen LogP contribution in [0.3, 0.4) is 0 Å². The molecule has 0 saturated carbocycles. The van der Waals surface area contributed by atoms with Gasteiger partial charge in [-0.25, -0.2) is 4.68 Å². The lowest BCUT2D eigenvalue weighted by Crippen LogP contribution is -2.11. The van der Waals surface area contributed by atoms with Crippen LogP contribution in [0.25, 0.3) is 0 Å². The Kier molecular flexibility index (Phi) is 3.59. The van der Waals surface area contributed by atoms with E-state index in [2.05, 4.69) is 17.1 Å². The first-order valence-electron chi connectivity index (χ1n) is 5.17. The molecule has 90 valence electrons. The van der Waals surface area contributed by atoms with E-state index in [1.165, 1.54) is 16.4 Å². The molecular weight excluding hydrogens is 256 g/mol. The van der Waals surface area contributed by atoms with E-state index >= 15 is 0 Å². The third-order valence-corrected chi connectivity index (χ3v) is 3.90. The van der Waals surface area contributed by atoms with Crippen LogP contribution in [0.1, 0.15) is 23.6 Å². The van der Waals surface area contributed by atoms with Gasteiger partial charge < -0.3 is 5.84 Å². The van der Waals surface area contributed by atoms with Crippen LogP contribution in [0.15, 0.2) is 29.4 Å². The highest BCUT2D eigenvalue weighted by atomic mass is 35.5. The second-order valence-corrected chi connectivity index (χ2v) is 5.40. The number of hydrogen-bond donors (Lipinski definition) is 1. The van der Waals surface area contributed by atoms with Crippen molar-refractivity contribution in [3.63, 3.8) is 0 Å². The van der Waals surface area contributed by atoms with Gasteiger partial charge in [-0.05, 0) is 25.5 Å². The molecule has 17 heavy (non-hydrogen) atoms. The number of thioether (sulfide) groups is 1. The lowest BCUT2D eigenvalue weighted by Gasteiger charge is -2.12. The number of nitrogen functional groups attached to an aromatic ring is 1. The second-order valence-electron chi connectivity index (χ2n) is 3.68. The Bertz CT molecular complexity index is 526. The Hall–Kier alpha value is -1.20. The number of hydrogen-bond acceptors (Lipinski definition) is 4. The molecule has 2 rings (SSSR count). The van der Waals surface area contributed by atoms with E-state index in [-0.39, 0.29) is 5.25 Å². The van der Waals surface area contributed by atoms with Gasteiger partial charge in [0.2, 0.25) is 5.16 Å². The third-order valence-electron chi connectivity index (χ3n) is 2.46. The number of aromatic nitrogens is 3. The van der Waals surface area contributed by atoms with E-state index in [1.54, 1.807) is 0 Å². The molecule has 1 aromatic heterocycles. The minimum atomic E-state index is 0.176. The predicted molar refractivity (Wildman–Crippen MR) is 70.6 cm³/mol. The lowest BCUT2D eigenvalue weighted by atomic mass is 10.2. The van der Waals surface area contributed by atoms with Crippen molar-refractivity contribution in [2.75, 3.05) is 5.84 Å².